The summed E-state index contributed by atoms with van der Waals surface area (Å²) in [5.74, 6) is 1.54. The first-order valence-corrected chi connectivity index (χ1v) is 10.6. The van der Waals surface area contributed by atoms with Crippen LogP contribution in [0.3, 0.4) is 0 Å². The topological polar surface area (TPSA) is 70.7 Å². The summed E-state index contributed by atoms with van der Waals surface area (Å²) in [6.45, 7) is 5.74. The molecule has 28 heavy (non-hydrogen) atoms. The smallest absolute Gasteiger partial charge is 0.237 e. The van der Waals surface area contributed by atoms with Crippen LogP contribution in [0.1, 0.15) is 44.1 Å². The highest BCUT2D eigenvalue weighted by Gasteiger charge is 2.26. The van der Waals surface area contributed by atoms with E-state index in [1.54, 1.807) is 0 Å². The molecule has 2 heterocycles. The number of ether oxygens (including phenoxy) is 1. The van der Waals surface area contributed by atoms with E-state index < -0.39 is 0 Å². The first-order valence-electron chi connectivity index (χ1n) is 10.6. The van der Waals surface area contributed by atoms with Crippen molar-refractivity contribution in [3.8, 4) is 5.75 Å². The number of amides is 2. The quantitative estimate of drug-likeness (QED) is 0.672. The molecular weight excluding hydrogens is 354 g/mol. The van der Waals surface area contributed by atoms with Gasteiger partial charge in [-0.05, 0) is 63.1 Å². The summed E-state index contributed by atoms with van der Waals surface area (Å²) in [7, 11) is 0. The van der Waals surface area contributed by atoms with Crippen molar-refractivity contribution in [3.05, 3.63) is 29.8 Å². The standard InChI is InChI=1S/C22H33N3O3/c1-17-7-2-3-10-20(17)28-14-6-11-21(26)25-13-5-8-18(16-25)15-24-22(27)19-9-4-12-23-19/h2-3,7,10,18-19,23H,4-6,8-9,11-16H2,1H3,(H,24,27). The number of carbonyl (C=O) groups excluding carboxylic acids is 2. The molecule has 6 heteroatoms. The first kappa shape index (κ1) is 20.6. The Kier molecular flexibility index (Phi) is 7.71. The number of aryl methyl sites for hydroxylation is 1. The Balaban J connectivity index is 1.34. The normalized spacial score (nSPS) is 22.1. The number of hydrogen-bond donors (Lipinski definition) is 2. The minimum absolute atomic E-state index is 0.0328. The molecule has 2 aliphatic heterocycles. The molecule has 0 saturated carbocycles. The molecule has 6 nitrogen and oxygen atoms in total. The average molecular weight is 388 g/mol. The summed E-state index contributed by atoms with van der Waals surface area (Å²) in [4.78, 5) is 26.7. The fourth-order valence-corrected chi connectivity index (χ4v) is 4.02. The van der Waals surface area contributed by atoms with Crippen LogP contribution in [0.2, 0.25) is 0 Å². The molecule has 3 rings (SSSR count). The molecule has 2 N–H and O–H groups in total. The van der Waals surface area contributed by atoms with Crippen molar-refractivity contribution < 1.29 is 14.3 Å². The van der Waals surface area contributed by atoms with E-state index in [0.29, 0.717) is 25.5 Å². The number of nitrogens with zero attached hydrogens (tertiary/aromatic N) is 1. The lowest BCUT2D eigenvalue weighted by Gasteiger charge is -2.33. The van der Waals surface area contributed by atoms with Crippen molar-refractivity contribution in [1.82, 2.24) is 15.5 Å². The SMILES string of the molecule is Cc1ccccc1OCCCC(=O)N1CCCC(CNC(=O)C2CCCN2)C1. The number of piperidine rings is 1. The Bertz CT molecular complexity index is 658. The van der Waals surface area contributed by atoms with Crippen molar-refractivity contribution in [3.63, 3.8) is 0 Å². The third-order valence-corrected chi connectivity index (χ3v) is 5.70. The van der Waals surface area contributed by atoms with Gasteiger partial charge in [-0.1, -0.05) is 18.2 Å². The maximum atomic E-state index is 12.5. The van der Waals surface area contributed by atoms with Crippen LogP contribution in [0.15, 0.2) is 24.3 Å². The number of hydrogen-bond acceptors (Lipinski definition) is 4. The molecule has 0 radical (unpaired) electrons. The predicted molar refractivity (Wildman–Crippen MR) is 109 cm³/mol. The number of benzene rings is 1. The van der Waals surface area contributed by atoms with E-state index in [1.807, 2.05) is 36.1 Å². The van der Waals surface area contributed by atoms with Gasteiger partial charge in [0.1, 0.15) is 5.75 Å². The fraction of sp³-hybridized carbons (Fsp3) is 0.636. The third kappa shape index (κ3) is 5.96. The van der Waals surface area contributed by atoms with Crippen LogP contribution in [0, 0.1) is 12.8 Å². The molecule has 2 atom stereocenters. The molecule has 2 aliphatic rings. The zero-order valence-electron chi connectivity index (χ0n) is 16.9. The molecule has 0 aromatic heterocycles. The highest BCUT2D eigenvalue weighted by atomic mass is 16.5. The number of para-hydroxylation sites is 1. The van der Waals surface area contributed by atoms with Gasteiger partial charge in [-0.2, -0.15) is 0 Å². The summed E-state index contributed by atoms with van der Waals surface area (Å²) < 4.78 is 5.79. The minimum atomic E-state index is -0.0328. The lowest BCUT2D eigenvalue weighted by atomic mass is 9.97. The summed E-state index contributed by atoms with van der Waals surface area (Å²) in [5, 5.41) is 6.30. The second-order valence-corrected chi connectivity index (χ2v) is 7.96. The zero-order valence-corrected chi connectivity index (χ0v) is 16.9. The Morgan fingerprint density at radius 3 is 2.89 bits per heavy atom. The van der Waals surface area contributed by atoms with Gasteiger partial charge < -0.3 is 20.3 Å². The van der Waals surface area contributed by atoms with Crippen molar-refractivity contribution in [2.24, 2.45) is 5.92 Å². The predicted octanol–water partition coefficient (Wildman–Crippen LogP) is 2.26. The van der Waals surface area contributed by atoms with Crippen molar-refractivity contribution in [2.45, 2.75) is 51.5 Å². The highest BCUT2D eigenvalue weighted by Crippen LogP contribution is 2.19. The van der Waals surface area contributed by atoms with E-state index in [0.717, 1.165) is 63.1 Å². The van der Waals surface area contributed by atoms with Crippen molar-refractivity contribution in [1.29, 1.82) is 0 Å². The second-order valence-electron chi connectivity index (χ2n) is 7.96. The van der Waals surface area contributed by atoms with E-state index in [2.05, 4.69) is 10.6 Å². The van der Waals surface area contributed by atoms with Crippen molar-refractivity contribution in [2.75, 3.05) is 32.8 Å². The molecule has 1 aromatic rings. The summed E-state index contributed by atoms with van der Waals surface area (Å²) in [6, 6.07) is 7.90. The molecule has 0 spiro atoms. The molecule has 2 fully saturated rings. The molecule has 0 bridgehead atoms. The van der Waals surface area contributed by atoms with Gasteiger partial charge in [0.2, 0.25) is 11.8 Å². The number of likely N-dealkylation sites (tertiary alicyclic amines) is 1. The molecule has 2 saturated heterocycles. The van der Waals surface area contributed by atoms with Gasteiger partial charge in [0, 0.05) is 26.1 Å². The lowest BCUT2D eigenvalue weighted by Crippen LogP contribution is -2.46. The Morgan fingerprint density at radius 1 is 1.25 bits per heavy atom. The van der Waals surface area contributed by atoms with Gasteiger partial charge in [0.05, 0.1) is 12.6 Å². The van der Waals surface area contributed by atoms with Gasteiger partial charge in [-0.25, -0.2) is 0 Å². The summed E-state index contributed by atoms with van der Waals surface area (Å²) >= 11 is 0. The summed E-state index contributed by atoms with van der Waals surface area (Å²) in [6.07, 6.45) is 5.30. The summed E-state index contributed by atoms with van der Waals surface area (Å²) in [5.41, 5.74) is 1.11. The molecule has 1 aromatic carbocycles. The molecule has 0 aliphatic carbocycles. The van der Waals surface area contributed by atoms with Crippen LogP contribution in [0.4, 0.5) is 0 Å². The molecule has 2 unspecified atom stereocenters. The van der Waals surface area contributed by atoms with Gasteiger partial charge in [0.15, 0.2) is 0 Å². The highest BCUT2D eigenvalue weighted by molar-refractivity contribution is 5.82. The van der Waals surface area contributed by atoms with Crippen LogP contribution in [-0.2, 0) is 9.59 Å². The van der Waals surface area contributed by atoms with Gasteiger partial charge in [-0.3, -0.25) is 9.59 Å². The third-order valence-electron chi connectivity index (χ3n) is 5.70. The van der Waals surface area contributed by atoms with Crippen LogP contribution < -0.4 is 15.4 Å². The lowest BCUT2D eigenvalue weighted by molar-refractivity contribution is -0.133. The fourth-order valence-electron chi connectivity index (χ4n) is 4.02. The van der Waals surface area contributed by atoms with E-state index in [-0.39, 0.29) is 17.9 Å². The van der Waals surface area contributed by atoms with Crippen molar-refractivity contribution >= 4 is 11.8 Å². The maximum Gasteiger partial charge on any atom is 0.237 e. The van der Waals surface area contributed by atoms with E-state index in [1.165, 1.54) is 0 Å². The molecular formula is C22H33N3O3. The van der Waals surface area contributed by atoms with Crippen LogP contribution in [-0.4, -0.2) is 55.5 Å². The largest absolute Gasteiger partial charge is 0.493 e. The molecule has 2 amide bonds. The van der Waals surface area contributed by atoms with Crippen LogP contribution in [0.5, 0.6) is 5.75 Å². The van der Waals surface area contributed by atoms with Gasteiger partial charge in [-0.15, -0.1) is 0 Å². The second kappa shape index (κ2) is 10.5. The van der Waals surface area contributed by atoms with Gasteiger partial charge in [0.25, 0.3) is 0 Å². The number of nitrogens with one attached hydrogen (secondary N) is 2. The average Bonchev–Trinajstić information content (AvgIpc) is 3.26. The first-order chi connectivity index (χ1) is 13.6. The van der Waals surface area contributed by atoms with E-state index >= 15 is 0 Å². The minimum Gasteiger partial charge on any atom is -0.493 e. The Labute approximate surface area is 168 Å². The van der Waals surface area contributed by atoms with Crippen LogP contribution in [0.25, 0.3) is 0 Å². The number of rotatable bonds is 8. The zero-order chi connectivity index (χ0) is 19.8. The Morgan fingerprint density at radius 2 is 2.11 bits per heavy atom. The van der Waals surface area contributed by atoms with Crippen LogP contribution >= 0.6 is 0 Å². The van der Waals surface area contributed by atoms with Gasteiger partial charge >= 0.3 is 0 Å². The van der Waals surface area contributed by atoms with E-state index in [4.69, 9.17) is 4.74 Å². The monoisotopic (exact) mass is 387 g/mol. The van der Waals surface area contributed by atoms with E-state index in [9.17, 15) is 9.59 Å². The number of carbonyl (C=O) groups is 2. The Hall–Kier alpha value is -2.08. The molecule has 154 valence electrons. The maximum absolute atomic E-state index is 12.5.